The molecule has 0 radical (unpaired) electrons. The first-order chi connectivity index (χ1) is 13.5. The molecule has 0 fully saturated rings. The number of carbonyl (C=O) groups is 3. The highest BCUT2D eigenvalue weighted by Gasteiger charge is 2.38. The third-order valence-electron chi connectivity index (χ3n) is 4.33. The van der Waals surface area contributed by atoms with Crippen molar-refractivity contribution in [1.82, 2.24) is 5.06 Å². The smallest absolute Gasteiger partial charge is 0.364 e. The van der Waals surface area contributed by atoms with Gasteiger partial charge in [-0.3, -0.25) is 9.59 Å². The maximum atomic E-state index is 12.5. The maximum absolute atomic E-state index is 12.5. The predicted molar refractivity (Wildman–Crippen MR) is 100 cm³/mol. The molecule has 2 amide bonds. The van der Waals surface area contributed by atoms with E-state index in [1.807, 2.05) is 30.3 Å². The molecule has 6 nitrogen and oxygen atoms in total. The minimum Gasteiger partial charge on any atom is -0.457 e. The Morgan fingerprint density at radius 3 is 2.00 bits per heavy atom. The van der Waals surface area contributed by atoms with Gasteiger partial charge in [0.1, 0.15) is 11.5 Å². The highest BCUT2D eigenvalue weighted by Crippen LogP contribution is 2.26. The molecule has 1 aliphatic rings. The molecular formula is C22H15NO5. The number of nitrogens with zero attached hydrogens (tertiary/aromatic N) is 1. The molecule has 138 valence electrons. The van der Waals surface area contributed by atoms with Crippen molar-refractivity contribution < 1.29 is 24.0 Å². The summed E-state index contributed by atoms with van der Waals surface area (Å²) >= 11 is 0. The highest BCUT2D eigenvalue weighted by atomic mass is 16.7. The van der Waals surface area contributed by atoms with Crippen LogP contribution >= 0.6 is 0 Å². The molecule has 1 aliphatic heterocycles. The van der Waals surface area contributed by atoms with Crippen LogP contribution in [0.3, 0.4) is 0 Å². The average molecular weight is 373 g/mol. The molecule has 0 saturated carbocycles. The quantitative estimate of drug-likeness (QED) is 0.642. The Morgan fingerprint density at radius 2 is 1.39 bits per heavy atom. The molecule has 0 unspecified atom stereocenters. The first-order valence-corrected chi connectivity index (χ1v) is 8.58. The molecule has 0 saturated heterocycles. The van der Waals surface area contributed by atoms with E-state index in [0.29, 0.717) is 22.1 Å². The first-order valence-electron chi connectivity index (χ1n) is 8.58. The normalized spacial score (nSPS) is 12.7. The minimum absolute atomic E-state index is 0.212. The lowest BCUT2D eigenvalue weighted by Gasteiger charge is -2.14. The largest absolute Gasteiger partial charge is 0.457 e. The second-order valence-corrected chi connectivity index (χ2v) is 6.22. The molecule has 0 aromatic heterocycles. The fourth-order valence-electron chi connectivity index (χ4n) is 2.94. The van der Waals surface area contributed by atoms with Crippen molar-refractivity contribution in [2.75, 3.05) is 0 Å². The van der Waals surface area contributed by atoms with Gasteiger partial charge in [-0.25, -0.2) is 4.79 Å². The average Bonchev–Trinajstić information content (AvgIpc) is 2.94. The fourth-order valence-corrected chi connectivity index (χ4v) is 2.94. The number of imide groups is 1. The van der Waals surface area contributed by atoms with Gasteiger partial charge in [-0.05, 0) is 55.0 Å². The van der Waals surface area contributed by atoms with Gasteiger partial charge < -0.3 is 9.57 Å². The molecule has 1 heterocycles. The summed E-state index contributed by atoms with van der Waals surface area (Å²) in [5, 5.41) is 0.501. The van der Waals surface area contributed by atoms with Gasteiger partial charge in [0.2, 0.25) is 0 Å². The topological polar surface area (TPSA) is 72.9 Å². The van der Waals surface area contributed by atoms with Gasteiger partial charge in [-0.1, -0.05) is 35.4 Å². The summed E-state index contributed by atoms with van der Waals surface area (Å²) in [6, 6.07) is 20.4. The molecule has 0 atom stereocenters. The van der Waals surface area contributed by atoms with Crippen LogP contribution in [0.15, 0.2) is 72.8 Å². The van der Waals surface area contributed by atoms with Crippen LogP contribution in [-0.4, -0.2) is 22.8 Å². The Labute approximate surface area is 160 Å². The number of para-hydroxylation sites is 1. The lowest BCUT2D eigenvalue weighted by atomic mass is 10.1. The number of hydrogen-bond acceptors (Lipinski definition) is 5. The molecule has 0 bridgehead atoms. The molecule has 3 aromatic rings. The van der Waals surface area contributed by atoms with Crippen LogP contribution in [0.4, 0.5) is 0 Å². The van der Waals surface area contributed by atoms with Gasteiger partial charge in [0.15, 0.2) is 0 Å². The number of carbonyl (C=O) groups excluding carboxylic acids is 3. The predicted octanol–water partition coefficient (Wildman–Crippen LogP) is 4.16. The van der Waals surface area contributed by atoms with Crippen molar-refractivity contribution in [3.63, 3.8) is 0 Å². The van der Waals surface area contributed by atoms with E-state index >= 15 is 0 Å². The van der Waals surface area contributed by atoms with Gasteiger partial charge >= 0.3 is 5.97 Å². The second kappa shape index (κ2) is 7.00. The molecule has 4 rings (SSSR count). The lowest BCUT2D eigenvalue weighted by Crippen LogP contribution is -2.32. The van der Waals surface area contributed by atoms with Crippen LogP contribution in [0.25, 0.3) is 0 Å². The SMILES string of the molecule is Cc1cc(Oc2ccccc2)ccc1C(=O)ON1C(=O)c2ccccc2C1=O. The van der Waals surface area contributed by atoms with E-state index in [9.17, 15) is 14.4 Å². The van der Waals surface area contributed by atoms with E-state index in [1.54, 1.807) is 31.2 Å². The van der Waals surface area contributed by atoms with Crippen LogP contribution in [-0.2, 0) is 4.84 Å². The lowest BCUT2D eigenvalue weighted by molar-refractivity contribution is -0.0585. The van der Waals surface area contributed by atoms with E-state index < -0.39 is 17.8 Å². The van der Waals surface area contributed by atoms with Crippen molar-refractivity contribution >= 4 is 17.8 Å². The molecular weight excluding hydrogens is 358 g/mol. The van der Waals surface area contributed by atoms with Crippen molar-refractivity contribution in [2.45, 2.75) is 6.92 Å². The summed E-state index contributed by atoms with van der Waals surface area (Å²) in [5.41, 5.74) is 1.25. The molecule has 0 aliphatic carbocycles. The number of aryl methyl sites for hydroxylation is 1. The maximum Gasteiger partial charge on any atom is 0.364 e. The van der Waals surface area contributed by atoms with Crippen LogP contribution < -0.4 is 4.74 Å². The van der Waals surface area contributed by atoms with E-state index in [2.05, 4.69) is 0 Å². The summed E-state index contributed by atoms with van der Waals surface area (Å²) < 4.78 is 5.73. The Morgan fingerprint density at radius 1 is 0.786 bits per heavy atom. The standard InChI is InChI=1S/C22H15NO5/c1-14-13-16(27-15-7-3-2-4-8-15)11-12-17(14)22(26)28-23-20(24)18-9-5-6-10-19(18)21(23)25/h2-13H,1H3. The third kappa shape index (κ3) is 3.12. The zero-order valence-corrected chi connectivity index (χ0v) is 14.9. The Bertz CT molecular complexity index is 1060. The number of hydrogen-bond donors (Lipinski definition) is 0. The molecule has 3 aromatic carbocycles. The van der Waals surface area contributed by atoms with Crippen LogP contribution in [0.5, 0.6) is 11.5 Å². The summed E-state index contributed by atoms with van der Waals surface area (Å²) in [5.74, 6) is -0.881. The molecule has 0 spiro atoms. The summed E-state index contributed by atoms with van der Waals surface area (Å²) in [4.78, 5) is 42.3. The molecule has 0 N–H and O–H groups in total. The van der Waals surface area contributed by atoms with Gasteiger partial charge in [-0.2, -0.15) is 0 Å². The number of rotatable bonds is 4. The van der Waals surface area contributed by atoms with Crippen molar-refractivity contribution in [1.29, 1.82) is 0 Å². The Hall–Kier alpha value is -3.93. The van der Waals surface area contributed by atoms with Gasteiger partial charge in [0.25, 0.3) is 11.8 Å². The van der Waals surface area contributed by atoms with Gasteiger partial charge in [0.05, 0.1) is 16.7 Å². The van der Waals surface area contributed by atoms with Crippen molar-refractivity contribution in [3.8, 4) is 11.5 Å². The van der Waals surface area contributed by atoms with E-state index in [1.165, 1.54) is 18.2 Å². The Balaban J connectivity index is 1.51. The van der Waals surface area contributed by atoms with Gasteiger partial charge in [0, 0.05) is 0 Å². The fraction of sp³-hybridized carbons (Fsp3) is 0.0455. The Kier molecular flexibility index (Phi) is 4.37. The van der Waals surface area contributed by atoms with Crippen LogP contribution in [0.1, 0.15) is 36.6 Å². The molecule has 6 heteroatoms. The van der Waals surface area contributed by atoms with Crippen molar-refractivity contribution in [2.24, 2.45) is 0 Å². The zero-order chi connectivity index (χ0) is 19.7. The molecule has 28 heavy (non-hydrogen) atoms. The van der Waals surface area contributed by atoms with E-state index in [0.717, 1.165) is 0 Å². The summed E-state index contributed by atoms with van der Waals surface area (Å²) in [6.45, 7) is 1.72. The highest BCUT2D eigenvalue weighted by molar-refractivity contribution is 6.21. The zero-order valence-electron chi connectivity index (χ0n) is 14.9. The van der Waals surface area contributed by atoms with Crippen molar-refractivity contribution in [3.05, 3.63) is 95.1 Å². The monoisotopic (exact) mass is 373 g/mol. The summed E-state index contributed by atoms with van der Waals surface area (Å²) in [6.07, 6.45) is 0. The van der Waals surface area contributed by atoms with Crippen LogP contribution in [0.2, 0.25) is 0 Å². The van der Waals surface area contributed by atoms with Crippen LogP contribution in [0, 0.1) is 6.92 Å². The number of fused-ring (bicyclic) bond motifs is 1. The second-order valence-electron chi connectivity index (χ2n) is 6.22. The number of benzene rings is 3. The number of ether oxygens (including phenoxy) is 1. The van der Waals surface area contributed by atoms with Gasteiger partial charge in [-0.15, -0.1) is 0 Å². The minimum atomic E-state index is -0.793. The summed E-state index contributed by atoms with van der Waals surface area (Å²) in [7, 11) is 0. The number of hydroxylamine groups is 2. The van der Waals surface area contributed by atoms with E-state index in [-0.39, 0.29) is 16.7 Å². The first kappa shape index (κ1) is 17.5. The third-order valence-corrected chi connectivity index (χ3v) is 4.33. The number of amides is 2. The van der Waals surface area contributed by atoms with E-state index in [4.69, 9.17) is 9.57 Å².